The molecule has 0 aliphatic rings. The highest BCUT2D eigenvalue weighted by molar-refractivity contribution is 9.10. The molecule has 0 radical (unpaired) electrons. The van der Waals surface area contributed by atoms with E-state index in [1.165, 1.54) is 6.20 Å². The smallest absolute Gasteiger partial charge is 0.133 e. The highest BCUT2D eigenvalue weighted by Crippen LogP contribution is 2.21. The van der Waals surface area contributed by atoms with Crippen LogP contribution < -0.4 is 5.32 Å². The fourth-order valence-corrected chi connectivity index (χ4v) is 1.83. The Balaban J connectivity index is 2.13. The van der Waals surface area contributed by atoms with Gasteiger partial charge in [0.15, 0.2) is 0 Å². The summed E-state index contributed by atoms with van der Waals surface area (Å²) in [6, 6.07) is 10.8. The third kappa shape index (κ3) is 2.99. The molecular weight excluding hydrogens is 294 g/mol. The zero-order valence-electron chi connectivity index (χ0n) is 9.39. The minimum absolute atomic E-state index is 0.138. The number of aromatic hydroxyl groups is 1. The van der Waals surface area contributed by atoms with Crippen LogP contribution in [0.2, 0.25) is 0 Å². The monoisotopic (exact) mass is 303 g/mol. The summed E-state index contributed by atoms with van der Waals surface area (Å²) in [6.07, 6.45) is 1.39. The van der Waals surface area contributed by atoms with Crippen molar-refractivity contribution in [2.45, 2.75) is 6.54 Å². The van der Waals surface area contributed by atoms with Crippen molar-refractivity contribution < 1.29 is 5.11 Å². The molecule has 0 saturated carbocycles. The number of rotatable bonds is 3. The van der Waals surface area contributed by atoms with Crippen molar-refractivity contribution in [3.63, 3.8) is 0 Å². The average Bonchev–Trinajstić information content (AvgIpc) is 2.38. The summed E-state index contributed by atoms with van der Waals surface area (Å²) in [4.78, 5) is 4.06. The molecule has 18 heavy (non-hydrogen) atoms. The number of halogens is 1. The number of nitrogens with zero attached hydrogens (tertiary/aromatic N) is 2. The Morgan fingerprint density at radius 3 is 2.83 bits per heavy atom. The van der Waals surface area contributed by atoms with E-state index in [1.54, 1.807) is 18.2 Å². The summed E-state index contributed by atoms with van der Waals surface area (Å²) >= 11 is 3.36. The lowest BCUT2D eigenvalue weighted by atomic mass is 10.2. The van der Waals surface area contributed by atoms with E-state index < -0.39 is 0 Å². The van der Waals surface area contributed by atoms with Gasteiger partial charge in [-0.05, 0) is 30.3 Å². The van der Waals surface area contributed by atoms with E-state index in [1.807, 2.05) is 12.1 Å². The van der Waals surface area contributed by atoms with Crippen molar-refractivity contribution in [1.29, 1.82) is 5.26 Å². The Kier molecular flexibility index (Phi) is 3.80. The van der Waals surface area contributed by atoms with Gasteiger partial charge in [-0.25, -0.2) is 0 Å². The number of anilines is 1. The maximum absolute atomic E-state index is 9.13. The van der Waals surface area contributed by atoms with Crippen LogP contribution in [0.5, 0.6) is 5.75 Å². The summed E-state index contributed by atoms with van der Waals surface area (Å²) in [5, 5.41) is 21.3. The first-order valence-corrected chi connectivity index (χ1v) is 6.06. The molecule has 0 fully saturated rings. The van der Waals surface area contributed by atoms with Crippen LogP contribution in [-0.2, 0) is 6.54 Å². The largest absolute Gasteiger partial charge is 0.506 e. The van der Waals surface area contributed by atoms with Gasteiger partial charge in [-0.1, -0.05) is 15.9 Å². The SMILES string of the molecule is N#Cc1ccc(Br)cc1NCc1ccc(O)cn1. The third-order valence-electron chi connectivity index (χ3n) is 2.37. The van der Waals surface area contributed by atoms with Gasteiger partial charge < -0.3 is 10.4 Å². The number of hydrogen-bond donors (Lipinski definition) is 2. The van der Waals surface area contributed by atoms with Gasteiger partial charge in [0.05, 0.1) is 29.7 Å². The van der Waals surface area contributed by atoms with Crippen molar-refractivity contribution in [2.24, 2.45) is 0 Å². The van der Waals surface area contributed by atoms with E-state index in [4.69, 9.17) is 10.4 Å². The molecule has 1 aromatic carbocycles. The average molecular weight is 304 g/mol. The van der Waals surface area contributed by atoms with Gasteiger partial charge in [-0.2, -0.15) is 5.26 Å². The molecule has 1 aromatic heterocycles. The van der Waals surface area contributed by atoms with E-state index in [0.29, 0.717) is 12.1 Å². The van der Waals surface area contributed by atoms with E-state index in [9.17, 15) is 0 Å². The first kappa shape index (κ1) is 12.4. The molecule has 0 amide bonds. The van der Waals surface area contributed by atoms with Gasteiger partial charge in [-0.3, -0.25) is 4.98 Å². The van der Waals surface area contributed by atoms with Crippen LogP contribution in [0.1, 0.15) is 11.3 Å². The molecule has 0 aliphatic carbocycles. The lowest BCUT2D eigenvalue weighted by Crippen LogP contribution is -2.02. The normalized spacial score (nSPS) is 9.78. The maximum Gasteiger partial charge on any atom is 0.133 e. The quantitative estimate of drug-likeness (QED) is 0.914. The van der Waals surface area contributed by atoms with E-state index in [0.717, 1.165) is 15.9 Å². The number of nitrogens with one attached hydrogen (secondary N) is 1. The van der Waals surface area contributed by atoms with Crippen molar-refractivity contribution in [1.82, 2.24) is 4.98 Å². The number of aromatic nitrogens is 1. The molecule has 1 heterocycles. The number of nitriles is 1. The molecule has 4 nitrogen and oxygen atoms in total. The Morgan fingerprint density at radius 1 is 1.33 bits per heavy atom. The first-order chi connectivity index (χ1) is 8.69. The van der Waals surface area contributed by atoms with Gasteiger partial charge in [0.2, 0.25) is 0 Å². The number of pyridine rings is 1. The second-order valence-electron chi connectivity index (χ2n) is 3.66. The van der Waals surface area contributed by atoms with E-state index in [-0.39, 0.29) is 5.75 Å². The lowest BCUT2D eigenvalue weighted by Gasteiger charge is -2.08. The molecule has 0 unspecified atom stereocenters. The molecule has 0 aliphatic heterocycles. The van der Waals surface area contributed by atoms with Gasteiger partial charge in [-0.15, -0.1) is 0 Å². The van der Waals surface area contributed by atoms with Crippen LogP contribution in [0, 0.1) is 11.3 Å². The number of hydrogen-bond acceptors (Lipinski definition) is 4. The summed E-state index contributed by atoms with van der Waals surface area (Å²) in [5.41, 5.74) is 2.12. The van der Waals surface area contributed by atoms with Gasteiger partial charge in [0.1, 0.15) is 11.8 Å². The van der Waals surface area contributed by atoms with Crippen LogP contribution in [0.3, 0.4) is 0 Å². The van der Waals surface area contributed by atoms with Crippen LogP contribution >= 0.6 is 15.9 Å². The zero-order chi connectivity index (χ0) is 13.0. The van der Waals surface area contributed by atoms with Gasteiger partial charge >= 0.3 is 0 Å². The molecule has 0 bridgehead atoms. The molecule has 2 rings (SSSR count). The second kappa shape index (κ2) is 5.52. The summed E-state index contributed by atoms with van der Waals surface area (Å²) in [5.74, 6) is 0.138. The van der Waals surface area contributed by atoms with E-state index >= 15 is 0 Å². The van der Waals surface area contributed by atoms with Crippen molar-refractivity contribution >= 4 is 21.6 Å². The van der Waals surface area contributed by atoms with Gasteiger partial charge in [0, 0.05) is 4.47 Å². The second-order valence-corrected chi connectivity index (χ2v) is 4.58. The van der Waals surface area contributed by atoms with Crippen molar-refractivity contribution in [2.75, 3.05) is 5.32 Å². The highest BCUT2D eigenvalue weighted by Gasteiger charge is 2.03. The summed E-state index contributed by atoms with van der Waals surface area (Å²) in [7, 11) is 0. The Morgan fingerprint density at radius 2 is 2.17 bits per heavy atom. The predicted octanol–water partition coefficient (Wildman–Crippen LogP) is 3.03. The van der Waals surface area contributed by atoms with Gasteiger partial charge in [0.25, 0.3) is 0 Å². The standard InChI is InChI=1S/C13H10BrN3O/c14-10-2-1-9(6-15)13(5-10)17-7-11-3-4-12(18)8-16-11/h1-5,8,17-18H,7H2. The fourth-order valence-electron chi connectivity index (χ4n) is 1.47. The van der Waals surface area contributed by atoms with Crippen LogP contribution in [0.4, 0.5) is 5.69 Å². The molecule has 2 N–H and O–H groups in total. The van der Waals surface area contributed by atoms with Crippen molar-refractivity contribution in [3.05, 3.63) is 52.3 Å². The lowest BCUT2D eigenvalue weighted by molar-refractivity contribution is 0.472. The molecular formula is C13H10BrN3O. The summed E-state index contributed by atoms with van der Waals surface area (Å²) in [6.45, 7) is 0.491. The highest BCUT2D eigenvalue weighted by atomic mass is 79.9. The van der Waals surface area contributed by atoms with Crippen LogP contribution in [-0.4, -0.2) is 10.1 Å². The first-order valence-electron chi connectivity index (χ1n) is 5.26. The van der Waals surface area contributed by atoms with Crippen molar-refractivity contribution in [3.8, 4) is 11.8 Å². The van der Waals surface area contributed by atoms with Crippen LogP contribution in [0.25, 0.3) is 0 Å². The molecule has 0 atom stereocenters. The zero-order valence-corrected chi connectivity index (χ0v) is 11.0. The minimum Gasteiger partial charge on any atom is -0.506 e. The summed E-state index contributed by atoms with van der Waals surface area (Å²) < 4.78 is 0.905. The molecule has 0 spiro atoms. The third-order valence-corrected chi connectivity index (χ3v) is 2.86. The Hall–Kier alpha value is -2.06. The minimum atomic E-state index is 0.138. The Labute approximate surface area is 113 Å². The molecule has 90 valence electrons. The molecule has 0 saturated heterocycles. The predicted molar refractivity (Wildman–Crippen MR) is 72.1 cm³/mol. The fraction of sp³-hybridized carbons (Fsp3) is 0.0769. The maximum atomic E-state index is 9.13. The topological polar surface area (TPSA) is 68.9 Å². The number of benzene rings is 1. The van der Waals surface area contributed by atoms with Crippen LogP contribution in [0.15, 0.2) is 41.0 Å². The molecule has 5 heteroatoms. The molecule has 2 aromatic rings. The van der Waals surface area contributed by atoms with E-state index in [2.05, 4.69) is 32.3 Å². The Bertz CT molecular complexity index is 590.